The van der Waals surface area contributed by atoms with Crippen LogP contribution in [0.1, 0.15) is 44.9 Å². The predicted octanol–water partition coefficient (Wildman–Crippen LogP) is 2.90. The molecule has 1 atom stereocenters. The van der Waals surface area contributed by atoms with E-state index in [2.05, 4.69) is 38.4 Å². The van der Waals surface area contributed by atoms with Crippen LogP contribution in [0.25, 0.3) is 16.8 Å². The van der Waals surface area contributed by atoms with E-state index >= 15 is 0 Å². The Balaban J connectivity index is 2.02. The fourth-order valence-electron chi connectivity index (χ4n) is 3.43. The lowest BCUT2D eigenvalue weighted by atomic mass is 9.81. The van der Waals surface area contributed by atoms with Gasteiger partial charge in [-0.1, -0.05) is 20.3 Å². The second-order valence-electron chi connectivity index (χ2n) is 6.15. The first-order valence-corrected chi connectivity index (χ1v) is 6.84. The van der Waals surface area contributed by atoms with Crippen LogP contribution in [0.15, 0.2) is 18.5 Å². The van der Waals surface area contributed by atoms with Gasteiger partial charge in [-0.25, -0.2) is 4.98 Å². The van der Waals surface area contributed by atoms with Crippen LogP contribution >= 0.6 is 0 Å². The standard InChI is InChI=1S/C14H17N5/c1-14(2)6-3-4-9(14)13-18-17-11-8-16-12-10(19(11)13)5-7-15-12/h5,7-9,15H,3-4,6H2,1-2H3. The number of H-pyrrole nitrogens is 1. The summed E-state index contributed by atoms with van der Waals surface area (Å²) in [6, 6.07) is 2.05. The van der Waals surface area contributed by atoms with Crippen molar-refractivity contribution in [2.24, 2.45) is 5.41 Å². The number of rotatable bonds is 1. The molecular formula is C14H17N5. The van der Waals surface area contributed by atoms with Crippen LogP contribution < -0.4 is 0 Å². The van der Waals surface area contributed by atoms with Gasteiger partial charge in [-0.05, 0) is 24.3 Å². The topological polar surface area (TPSA) is 58.9 Å². The molecule has 0 radical (unpaired) electrons. The van der Waals surface area contributed by atoms with Crippen LogP contribution in [0.4, 0.5) is 0 Å². The van der Waals surface area contributed by atoms with Crippen molar-refractivity contribution >= 4 is 16.8 Å². The number of nitrogens with zero attached hydrogens (tertiary/aromatic N) is 4. The first kappa shape index (κ1) is 11.0. The van der Waals surface area contributed by atoms with Gasteiger partial charge in [-0.3, -0.25) is 4.40 Å². The van der Waals surface area contributed by atoms with E-state index in [1.54, 1.807) is 6.20 Å². The molecule has 98 valence electrons. The Morgan fingerprint density at radius 1 is 1.37 bits per heavy atom. The van der Waals surface area contributed by atoms with Crippen LogP contribution in [0.3, 0.4) is 0 Å². The summed E-state index contributed by atoms with van der Waals surface area (Å²) in [7, 11) is 0. The Morgan fingerprint density at radius 2 is 2.26 bits per heavy atom. The number of hydrogen-bond donors (Lipinski definition) is 1. The lowest BCUT2D eigenvalue weighted by Gasteiger charge is -2.25. The minimum absolute atomic E-state index is 0.300. The average molecular weight is 255 g/mol. The second kappa shape index (κ2) is 3.56. The van der Waals surface area contributed by atoms with Crippen molar-refractivity contribution in [1.82, 2.24) is 24.6 Å². The largest absolute Gasteiger partial charge is 0.345 e. The fraction of sp³-hybridized carbons (Fsp3) is 0.500. The van der Waals surface area contributed by atoms with Crippen molar-refractivity contribution in [3.63, 3.8) is 0 Å². The molecule has 1 N–H and O–H groups in total. The molecule has 0 amide bonds. The normalized spacial score (nSPS) is 22.5. The summed E-state index contributed by atoms with van der Waals surface area (Å²) in [6.45, 7) is 4.67. The molecule has 1 fully saturated rings. The van der Waals surface area contributed by atoms with Gasteiger partial charge in [-0.15, -0.1) is 10.2 Å². The van der Waals surface area contributed by atoms with E-state index in [0.717, 1.165) is 22.6 Å². The average Bonchev–Trinajstić information content (AvgIpc) is 3.04. The summed E-state index contributed by atoms with van der Waals surface area (Å²) in [5.41, 5.74) is 3.10. The van der Waals surface area contributed by atoms with E-state index in [-0.39, 0.29) is 0 Å². The minimum Gasteiger partial charge on any atom is -0.345 e. The maximum atomic E-state index is 4.46. The predicted molar refractivity (Wildman–Crippen MR) is 73.0 cm³/mol. The summed E-state index contributed by atoms with van der Waals surface area (Å²) < 4.78 is 2.16. The highest BCUT2D eigenvalue weighted by Crippen LogP contribution is 2.48. The van der Waals surface area contributed by atoms with Gasteiger partial charge in [0.15, 0.2) is 11.3 Å². The Hall–Kier alpha value is -1.91. The molecule has 3 aromatic rings. The number of aromatic amines is 1. The zero-order valence-corrected chi connectivity index (χ0v) is 11.2. The van der Waals surface area contributed by atoms with Crippen molar-refractivity contribution in [3.8, 4) is 0 Å². The van der Waals surface area contributed by atoms with E-state index in [4.69, 9.17) is 0 Å². The van der Waals surface area contributed by atoms with Crippen LogP contribution in [0.2, 0.25) is 0 Å². The lowest BCUT2D eigenvalue weighted by Crippen LogP contribution is -2.18. The van der Waals surface area contributed by atoms with Crippen LogP contribution in [0.5, 0.6) is 0 Å². The molecule has 0 spiro atoms. The first-order chi connectivity index (χ1) is 9.17. The second-order valence-corrected chi connectivity index (χ2v) is 6.15. The smallest absolute Gasteiger partial charge is 0.179 e. The molecule has 0 saturated heterocycles. The van der Waals surface area contributed by atoms with Gasteiger partial charge in [0, 0.05) is 12.1 Å². The van der Waals surface area contributed by atoms with Gasteiger partial charge in [-0.2, -0.15) is 0 Å². The molecule has 5 nitrogen and oxygen atoms in total. The Labute approximate surface area is 111 Å². The molecule has 0 aromatic carbocycles. The fourth-order valence-corrected chi connectivity index (χ4v) is 3.43. The molecular weight excluding hydrogens is 238 g/mol. The molecule has 5 heteroatoms. The zero-order valence-electron chi connectivity index (χ0n) is 11.2. The lowest BCUT2D eigenvalue weighted by molar-refractivity contribution is 0.321. The van der Waals surface area contributed by atoms with Crippen molar-refractivity contribution in [2.75, 3.05) is 0 Å². The van der Waals surface area contributed by atoms with Crippen molar-refractivity contribution in [1.29, 1.82) is 0 Å². The van der Waals surface area contributed by atoms with E-state index in [1.807, 2.05) is 12.3 Å². The molecule has 3 heterocycles. The summed E-state index contributed by atoms with van der Waals surface area (Å²) in [6.07, 6.45) is 7.43. The SMILES string of the molecule is CC1(C)CCCC1c1nnc2cnc3[nH]ccc3n12. The molecule has 0 bridgehead atoms. The Morgan fingerprint density at radius 3 is 3.05 bits per heavy atom. The molecule has 1 aliphatic rings. The maximum Gasteiger partial charge on any atom is 0.179 e. The van der Waals surface area contributed by atoms with Crippen LogP contribution in [0, 0.1) is 5.41 Å². The highest BCUT2D eigenvalue weighted by Gasteiger charge is 2.38. The summed E-state index contributed by atoms with van der Waals surface area (Å²) in [4.78, 5) is 7.52. The van der Waals surface area contributed by atoms with E-state index < -0.39 is 0 Å². The van der Waals surface area contributed by atoms with Gasteiger partial charge >= 0.3 is 0 Å². The van der Waals surface area contributed by atoms with E-state index in [0.29, 0.717) is 11.3 Å². The molecule has 1 unspecified atom stereocenters. The molecule has 0 aliphatic heterocycles. The minimum atomic E-state index is 0.300. The number of aromatic nitrogens is 5. The summed E-state index contributed by atoms with van der Waals surface area (Å²) >= 11 is 0. The highest BCUT2D eigenvalue weighted by atomic mass is 15.3. The van der Waals surface area contributed by atoms with Gasteiger partial charge in [0.2, 0.25) is 0 Å². The number of fused-ring (bicyclic) bond motifs is 3. The van der Waals surface area contributed by atoms with E-state index in [1.165, 1.54) is 19.3 Å². The van der Waals surface area contributed by atoms with Gasteiger partial charge < -0.3 is 4.98 Å². The number of nitrogens with one attached hydrogen (secondary N) is 1. The molecule has 1 saturated carbocycles. The maximum absolute atomic E-state index is 4.46. The van der Waals surface area contributed by atoms with Gasteiger partial charge in [0.1, 0.15) is 5.82 Å². The van der Waals surface area contributed by atoms with Crippen molar-refractivity contribution in [3.05, 3.63) is 24.3 Å². The van der Waals surface area contributed by atoms with Gasteiger partial charge in [0.05, 0.1) is 11.7 Å². The zero-order chi connectivity index (χ0) is 13.0. The third-order valence-corrected chi connectivity index (χ3v) is 4.54. The quantitative estimate of drug-likeness (QED) is 0.727. The van der Waals surface area contributed by atoms with E-state index in [9.17, 15) is 0 Å². The Kier molecular flexibility index (Phi) is 2.05. The number of hydrogen-bond acceptors (Lipinski definition) is 3. The van der Waals surface area contributed by atoms with Crippen molar-refractivity contribution in [2.45, 2.75) is 39.0 Å². The molecule has 19 heavy (non-hydrogen) atoms. The third kappa shape index (κ3) is 1.44. The van der Waals surface area contributed by atoms with Crippen LogP contribution in [-0.2, 0) is 0 Å². The molecule has 4 rings (SSSR count). The summed E-state index contributed by atoms with van der Waals surface area (Å²) in [5, 5.41) is 8.76. The molecule has 3 aromatic heterocycles. The van der Waals surface area contributed by atoms with Crippen molar-refractivity contribution < 1.29 is 0 Å². The highest BCUT2D eigenvalue weighted by molar-refractivity contribution is 5.74. The first-order valence-electron chi connectivity index (χ1n) is 6.84. The third-order valence-electron chi connectivity index (χ3n) is 4.54. The van der Waals surface area contributed by atoms with Gasteiger partial charge in [0.25, 0.3) is 0 Å². The Bertz CT molecular complexity index is 751. The monoisotopic (exact) mass is 255 g/mol. The summed E-state index contributed by atoms with van der Waals surface area (Å²) in [5.74, 6) is 1.56. The van der Waals surface area contributed by atoms with Crippen LogP contribution in [-0.4, -0.2) is 24.6 Å². The molecule has 1 aliphatic carbocycles.